The Morgan fingerprint density at radius 1 is 0.763 bits per heavy atom. The molecule has 6 heteroatoms. The maximum atomic E-state index is 14.2. The van der Waals surface area contributed by atoms with E-state index in [2.05, 4.69) is 25.1 Å². The number of anilines is 1. The van der Waals surface area contributed by atoms with Crippen molar-refractivity contribution in [1.82, 2.24) is 0 Å². The average Bonchev–Trinajstić information content (AvgIpc) is 2.91. The number of sulfone groups is 1. The summed E-state index contributed by atoms with van der Waals surface area (Å²) in [6.45, 7) is 6.28. The summed E-state index contributed by atoms with van der Waals surface area (Å²) in [5.41, 5.74) is 2.56. The monoisotopic (exact) mass is 521 g/mol. The minimum Gasteiger partial charge on any atom is -0.302 e. The fourth-order valence-corrected chi connectivity index (χ4v) is 7.97. The number of amides is 1. The number of carbonyl (C=O) groups is 2. The third-order valence-electron chi connectivity index (χ3n) is 7.93. The molecule has 2 aliphatic heterocycles. The van der Waals surface area contributed by atoms with Crippen LogP contribution in [0.3, 0.4) is 0 Å². The van der Waals surface area contributed by atoms with E-state index >= 15 is 0 Å². The number of benzene rings is 4. The van der Waals surface area contributed by atoms with E-state index in [1.165, 1.54) is 29.8 Å². The van der Waals surface area contributed by atoms with E-state index in [4.69, 9.17) is 0 Å². The van der Waals surface area contributed by atoms with E-state index in [9.17, 15) is 18.0 Å². The van der Waals surface area contributed by atoms with Crippen LogP contribution < -0.4 is 4.90 Å². The first kappa shape index (κ1) is 24.3. The quantitative estimate of drug-likeness (QED) is 0.277. The Hall–Kier alpha value is -4.03. The van der Waals surface area contributed by atoms with Crippen molar-refractivity contribution in [2.45, 2.75) is 47.9 Å². The van der Waals surface area contributed by atoms with Gasteiger partial charge in [-0.25, -0.2) is 8.42 Å². The SMILES string of the molecule is CC1(C)C[C@](C)(c2ccccc2)c2ccccc2N1C(=O)c1ccc2c(c1)S(=O)(=O)c1ccccc1C2=O. The molecule has 0 radical (unpaired) electrons. The van der Waals surface area contributed by atoms with Crippen molar-refractivity contribution < 1.29 is 18.0 Å². The highest BCUT2D eigenvalue weighted by Gasteiger charge is 2.48. The van der Waals surface area contributed by atoms with Gasteiger partial charge in [0.05, 0.1) is 9.79 Å². The minimum atomic E-state index is -3.96. The van der Waals surface area contributed by atoms with Crippen molar-refractivity contribution in [3.05, 3.63) is 125 Å². The maximum absolute atomic E-state index is 14.2. The van der Waals surface area contributed by atoms with Crippen LogP contribution >= 0.6 is 0 Å². The van der Waals surface area contributed by atoms with Crippen LogP contribution in [0.15, 0.2) is 107 Å². The average molecular weight is 522 g/mol. The zero-order valence-electron chi connectivity index (χ0n) is 21.4. The van der Waals surface area contributed by atoms with Gasteiger partial charge in [0.1, 0.15) is 0 Å². The molecule has 2 heterocycles. The Morgan fingerprint density at radius 3 is 2.16 bits per heavy atom. The van der Waals surface area contributed by atoms with Gasteiger partial charge in [-0.05, 0) is 67.8 Å². The van der Waals surface area contributed by atoms with E-state index in [1.807, 2.05) is 50.2 Å². The zero-order valence-corrected chi connectivity index (χ0v) is 22.2. The van der Waals surface area contributed by atoms with Crippen molar-refractivity contribution in [1.29, 1.82) is 0 Å². The van der Waals surface area contributed by atoms with Crippen LogP contribution in [0, 0.1) is 0 Å². The van der Waals surface area contributed by atoms with Gasteiger partial charge in [0.2, 0.25) is 9.84 Å². The largest absolute Gasteiger partial charge is 0.302 e. The lowest BCUT2D eigenvalue weighted by Crippen LogP contribution is -2.55. The van der Waals surface area contributed by atoms with Gasteiger partial charge in [-0.15, -0.1) is 0 Å². The van der Waals surface area contributed by atoms with Gasteiger partial charge in [0.25, 0.3) is 5.91 Å². The highest BCUT2D eigenvalue weighted by atomic mass is 32.2. The first-order valence-corrected chi connectivity index (χ1v) is 14.1. The molecule has 1 atom stereocenters. The lowest BCUT2D eigenvalue weighted by molar-refractivity contribution is 0.0946. The molecule has 6 rings (SSSR count). The minimum absolute atomic E-state index is 0.0237. The van der Waals surface area contributed by atoms with Gasteiger partial charge in [-0.3, -0.25) is 9.59 Å². The van der Waals surface area contributed by atoms with E-state index in [1.54, 1.807) is 23.1 Å². The molecule has 4 aromatic carbocycles. The summed E-state index contributed by atoms with van der Waals surface area (Å²) in [5, 5.41) is 0. The second kappa shape index (κ2) is 8.23. The molecule has 0 aromatic heterocycles. The van der Waals surface area contributed by atoms with Crippen molar-refractivity contribution in [2.24, 2.45) is 0 Å². The molecule has 5 nitrogen and oxygen atoms in total. The van der Waals surface area contributed by atoms with Crippen LogP contribution in [0.4, 0.5) is 5.69 Å². The third kappa shape index (κ3) is 3.40. The molecular weight excluding hydrogens is 494 g/mol. The Balaban J connectivity index is 1.49. The molecule has 1 amide bonds. The standard InChI is InChI=1S/C32H27NO4S/c1-31(2)20-32(3,22-11-5-4-6-12-22)25-14-8-9-15-26(25)33(31)30(35)21-17-18-24-28(19-21)38(36,37)27-16-10-7-13-23(27)29(24)34/h4-19H,20H2,1-3H3/t32-/m1/s1. The molecule has 0 saturated carbocycles. The summed E-state index contributed by atoms with van der Waals surface area (Å²) in [7, 11) is -3.96. The van der Waals surface area contributed by atoms with Gasteiger partial charge in [-0.1, -0.05) is 67.6 Å². The molecular formula is C32H27NO4S. The number of para-hydroxylation sites is 1. The van der Waals surface area contributed by atoms with E-state index in [0.717, 1.165) is 11.3 Å². The first-order valence-electron chi connectivity index (χ1n) is 12.6. The number of ketones is 1. The topological polar surface area (TPSA) is 71.5 Å². The van der Waals surface area contributed by atoms with Crippen LogP contribution in [-0.4, -0.2) is 25.6 Å². The Kier molecular flexibility index (Phi) is 5.27. The predicted octanol–water partition coefficient (Wildman–Crippen LogP) is 6.20. The lowest BCUT2D eigenvalue weighted by Gasteiger charge is -2.51. The molecule has 4 aromatic rings. The van der Waals surface area contributed by atoms with Crippen LogP contribution in [0.2, 0.25) is 0 Å². The van der Waals surface area contributed by atoms with Gasteiger partial charge >= 0.3 is 0 Å². The van der Waals surface area contributed by atoms with E-state index in [0.29, 0.717) is 6.42 Å². The molecule has 38 heavy (non-hydrogen) atoms. The van der Waals surface area contributed by atoms with Crippen molar-refractivity contribution in [2.75, 3.05) is 4.90 Å². The summed E-state index contributed by atoms with van der Waals surface area (Å²) in [6.07, 6.45) is 0.669. The highest BCUT2D eigenvalue weighted by molar-refractivity contribution is 7.91. The second-order valence-electron chi connectivity index (χ2n) is 10.9. The summed E-state index contributed by atoms with van der Waals surface area (Å²) >= 11 is 0. The molecule has 0 fully saturated rings. The second-order valence-corrected chi connectivity index (χ2v) is 12.8. The molecule has 2 aliphatic rings. The number of nitrogens with zero attached hydrogens (tertiary/aromatic N) is 1. The summed E-state index contributed by atoms with van der Waals surface area (Å²) in [6, 6.07) is 28.8. The predicted molar refractivity (Wildman–Crippen MR) is 147 cm³/mol. The number of rotatable bonds is 2. The summed E-state index contributed by atoms with van der Waals surface area (Å²) in [4.78, 5) is 28.9. The Bertz CT molecular complexity index is 1740. The number of fused-ring (bicyclic) bond motifs is 3. The fraction of sp³-hybridized carbons (Fsp3) is 0.188. The van der Waals surface area contributed by atoms with Crippen LogP contribution in [0.25, 0.3) is 0 Å². The van der Waals surface area contributed by atoms with Crippen LogP contribution in [0.1, 0.15) is 64.6 Å². The highest BCUT2D eigenvalue weighted by Crippen LogP contribution is 2.50. The molecule has 190 valence electrons. The molecule has 0 saturated heterocycles. The van der Waals surface area contributed by atoms with Crippen molar-refractivity contribution in [3.63, 3.8) is 0 Å². The zero-order chi connectivity index (χ0) is 26.9. The molecule has 0 N–H and O–H groups in total. The Morgan fingerprint density at radius 2 is 1.39 bits per heavy atom. The van der Waals surface area contributed by atoms with Gasteiger partial charge in [0, 0.05) is 33.3 Å². The van der Waals surface area contributed by atoms with Crippen molar-refractivity contribution in [3.8, 4) is 0 Å². The number of carbonyl (C=O) groups excluding carboxylic acids is 2. The molecule has 0 unspecified atom stereocenters. The van der Waals surface area contributed by atoms with Crippen molar-refractivity contribution >= 4 is 27.2 Å². The number of hydrogen-bond donors (Lipinski definition) is 0. The normalized spacial score (nSPS) is 20.7. The molecule has 0 aliphatic carbocycles. The fourth-order valence-electron chi connectivity index (χ4n) is 6.30. The summed E-state index contributed by atoms with van der Waals surface area (Å²) in [5.74, 6) is -0.659. The maximum Gasteiger partial charge on any atom is 0.258 e. The number of hydrogen-bond acceptors (Lipinski definition) is 4. The summed E-state index contributed by atoms with van der Waals surface area (Å²) < 4.78 is 27.0. The lowest BCUT2D eigenvalue weighted by atomic mass is 9.65. The van der Waals surface area contributed by atoms with E-state index in [-0.39, 0.29) is 43.6 Å². The third-order valence-corrected chi connectivity index (χ3v) is 9.78. The molecule has 0 spiro atoms. The van der Waals surface area contributed by atoms with E-state index < -0.39 is 15.4 Å². The van der Waals surface area contributed by atoms with Gasteiger partial charge in [0.15, 0.2) is 5.78 Å². The molecule has 0 bridgehead atoms. The first-order chi connectivity index (χ1) is 18.1. The smallest absolute Gasteiger partial charge is 0.258 e. The van der Waals surface area contributed by atoms with Crippen LogP contribution in [0.5, 0.6) is 0 Å². The van der Waals surface area contributed by atoms with Crippen LogP contribution in [-0.2, 0) is 15.3 Å². The Labute approximate surface area is 222 Å². The van der Waals surface area contributed by atoms with Gasteiger partial charge < -0.3 is 4.90 Å². The van der Waals surface area contributed by atoms with Gasteiger partial charge in [-0.2, -0.15) is 0 Å².